The molecule has 0 fully saturated rings. The minimum atomic E-state index is 0.0595. The van der Waals surface area contributed by atoms with Crippen LogP contribution < -0.4 is 4.74 Å². The van der Waals surface area contributed by atoms with Crippen LogP contribution in [0.3, 0.4) is 0 Å². The van der Waals surface area contributed by atoms with Gasteiger partial charge in [-0.05, 0) is 35.6 Å². The Morgan fingerprint density at radius 3 is 2.33 bits per heavy atom. The van der Waals surface area contributed by atoms with Gasteiger partial charge in [0.05, 0.1) is 13.2 Å². The van der Waals surface area contributed by atoms with E-state index in [1.54, 1.807) is 0 Å². The molecule has 0 aliphatic rings. The van der Waals surface area contributed by atoms with Crippen LogP contribution in [0.25, 0.3) is 0 Å². The monoisotopic (exact) mass is 208 g/mol. The fourth-order valence-electron chi connectivity index (χ4n) is 1.44. The first-order chi connectivity index (χ1) is 6.97. The zero-order chi connectivity index (χ0) is 11.5. The van der Waals surface area contributed by atoms with E-state index in [0.29, 0.717) is 6.61 Å². The number of aliphatic hydroxyl groups excluding tert-OH is 1. The second-order valence-electron chi connectivity index (χ2n) is 4.71. The van der Waals surface area contributed by atoms with Gasteiger partial charge >= 0.3 is 0 Å². The summed E-state index contributed by atoms with van der Waals surface area (Å²) in [4.78, 5) is 0. The van der Waals surface area contributed by atoms with Crippen LogP contribution in [0, 0.1) is 0 Å². The molecule has 0 heterocycles. The van der Waals surface area contributed by atoms with Crippen LogP contribution in [-0.4, -0.2) is 11.7 Å². The van der Waals surface area contributed by atoms with Crippen molar-refractivity contribution >= 4 is 0 Å². The third kappa shape index (κ3) is 3.24. The molecule has 15 heavy (non-hydrogen) atoms. The van der Waals surface area contributed by atoms with Crippen molar-refractivity contribution in [2.45, 2.75) is 39.7 Å². The molecule has 2 heteroatoms. The van der Waals surface area contributed by atoms with E-state index in [1.807, 2.05) is 25.1 Å². The first-order valence-corrected chi connectivity index (χ1v) is 5.35. The molecular weight excluding hydrogens is 188 g/mol. The van der Waals surface area contributed by atoms with Crippen LogP contribution in [0.5, 0.6) is 5.75 Å². The molecule has 0 bridgehead atoms. The van der Waals surface area contributed by atoms with Gasteiger partial charge in [0.15, 0.2) is 0 Å². The predicted molar refractivity (Wildman–Crippen MR) is 62.2 cm³/mol. The molecule has 1 rings (SSSR count). The van der Waals surface area contributed by atoms with Gasteiger partial charge in [0.25, 0.3) is 0 Å². The predicted octanol–water partition coefficient (Wildman–Crippen LogP) is 2.88. The van der Waals surface area contributed by atoms with Crippen LogP contribution in [-0.2, 0) is 12.0 Å². The fourth-order valence-corrected chi connectivity index (χ4v) is 1.44. The number of aliphatic hydroxyl groups is 1. The maximum Gasteiger partial charge on any atom is 0.119 e. The molecular formula is C13H20O2. The lowest BCUT2D eigenvalue weighted by Crippen LogP contribution is -2.12. The summed E-state index contributed by atoms with van der Waals surface area (Å²) < 4.78 is 5.47. The summed E-state index contributed by atoms with van der Waals surface area (Å²) in [5.41, 5.74) is 2.18. The van der Waals surface area contributed by atoms with Crippen molar-refractivity contribution in [3.05, 3.63) is 29.3 Å². The van der Waals surface area contributed by atoms with E-state index in [4.69, 9.17) is 9.84 Å². The lowest BCUT2D eigenvalue weighted by Gasteiger charge is -2.21. The summed E-state index contributed by atoms with van der Waals surface area (Å²) in [7, 11) is 0. The van der Waals surface area contributed by atoms with E-state index in [-0.39, 0.29) is 12.0 Å². The van der Waals surface area contributed by atoms with Crippen molar-refractivity contribution < 1.29 is 9.84 Å². The van der Waals surface area contributed by atoms with E-state index < -0.39 is 0 Å². The average Bonchev–Trinajstić information content (AvgIpc) is 2.16. The van der Waals surface area contributed by atoms with Crippen molar-refractivity contribution in [3.63, 3.8) is 0 Å². The Morgan fingerprint density at radius 2 is 1.87 bits per heavy atom. The molecule has 1 aromatic rings. The summed E-state index contributed by atoms with van der Waals surface area (Å²) in [5.74, 6) is 0.842. The fraction of sp³-hybridized carbons (Fsp3) is 0.538. The molecule has 1 N–H and O–H groups in total. The zero-order valence-corrected chi connectivity index (χ0v) is 10.0. The molecule has 0 amide bonds. The first kappa shape index (κ1) is 12.1. The van der Waals surface area contributed by atoms with Crippen molar-refractivity contribution in [2.24, 2.45) is 0 Å². The molecule has 0 aliphatic heterocycles. The van der Waals surface area contributed by atoms with Gasteiger partial charge in [0.1, 0.15) is 5.75 Å². The molecule has 0 saturated carbocycles. The average molecular weight is 208 g/mol. The van der Waals surface area contributed by atoms with Gasteiger partial charge < -0.3 is 9.84 Å². The van der Waals surface area contributed by atoms with Crippen molar-refractivity contribution in [2.75, 3.05) is 6.61 Å². The Kier molecular flexibility index (Phi) is 3.75. The maximum absolute atomic E-state index is 9.16. The molecule has 1 aromatic carbocycles. The van der Waals surface area contributed by atoms with Crippen LogP contribution in [0.4, 0.5) is 0 Å². The van der Waals surface area contributed by atoms with Crippen molar-refractivity contribution in [1.29, 1.82) is 0 Å². The van der Waals surface area contributed by atoms with Crippen LogP contribution >= 0.6 is 0 Å². The Balaban J connectivity index is 3.11. The van der Waals surface area contributed by atoms with E-state index in [0.717, 1.165) is 11.3 Å². The largest absolute Gasteiger partial charge is 0.494 e. The Labute approximate surface area is 91.9 Å². The normalized spacial score (nSPS) is 11.5. The topological polar surface area (TPSA) is 29.5 Å². The highest BCUT2D eigenvalue weighted by Crippen LogP contribution is 2.27. The van der Waals surface area contributed by atoms with Gasteiger partial charge in [-0.1, -0.05) is 26.8 Å². The summed E-state index contributed by atoms with van der Waals surface area (Å²) in [5, 5.41) is 9.16. The lowest BCUT2D eigenvalue weighted by molar-refractivity contribution is 0.279. The molecule has 0 spiro atoms. The standard InChI is InChI=1S/C13H20O2/c1-5-15-12-7-10(9-14)6-11(8-12)13(2,3)4/h6-8,14H,5,9H2,1-4H3. The van der Waals surface area contributed by atoms with Gasteiger partial charge in [0, 0.05) is 0 Å². The third-order valence-electron chi connectivity index (χ3n) is 2.33. The molecule has 84 valence electrons. The second-order valence-corrected chi connectivity index (χ2v) is 4.71. The number of rotatable bonds is 3. The minimum absolute atomic E-state index is 0.0595. The smallest absolute Gasteiger partial charge is 0.119 e. The van der Waals surface area contributed by atoms with Crippen molar-refractivity contribution in [1.82, 2.24) is 0 Å². The van der Waals surface area contributed by atoms with Gasteiger partial charge in [-0.15, -0.1) is 0 Å². The molecule has 0 atom stereocenters. The van der Waals surface area contributed by atoms with E-state index >= 15 is 0 Å². The van der Waals surface area contributed by atoms with Crippen LogP contribution in [0.15, 0.2) is 18.2 Å². The molecule has 0 radical (unpaired) electrons. The van der Waals surface area contributed by atoms with Gasteiger partial charge in [-0.2, -0.15) is 0 Å². The van der Waals surface area contributed by atoms with E-state index in [1.165, 1.54) is 5.56 Å². The number of benzene rings is 1. The summed E-state index contributed by atoms with van der Waals surface area (Å²) in [6.07, 6.45) is 0. The highest BCUT2D eigenvalue weighted by atomic mass is 16.5. The summed E-state index contributed by atoms with van der Waals surface area (Å²) in [6, 6.07) is 5.96. The highest BCUT2D eigenvalue weighted by molar-refractivity contribution is 5.37. The molecule has 0 aromatic heterocycles. The van der Waals surface area contributed by atoms with E-state index in [9.17, 15) is 0 Å². The molecule has 0 saturated heterocycles. The number of hydrogen-bond acceptors (Lipinski definition) is 2. The Hall–Kier alpha value is -1.02. The Morgan fingerprint density at radius 1 is 1.20 bits per heavy atom. The molecule has 0 unspecified atom stereocenters. The Bertz CT molecular complexity index is 324. The minimum Gasteiger partial charge on any atom is -0.494 e. The molecule has 0 aliphatic carbocycles. The summed E-state index contributed by atoms with van der Waals surface area (Å²) in [6.45, 7) is 9.13. The second kappa shape index (κ2) is 4.67. The number of ether oxygens (including phenoxy) is 1. The van der Waals surface area contributed by atoms with Crippen LogP contribution in [0.2, 0.25) is 0 Å². The maximum atomic E-state index is 9.16. The van der Waals surface area contributed by atoms with Gasteiger partial charge in [-0.25, -0.2) is 0 Å². The van der Waals surface area contributed by atoms with Crippen LogP contribution in [0.1, 0.15) is 38.8 Å². The molecule has 2 nitrogen and oxygen atoms in total. The lowest BCUT2D eigenvalue weighted by atomic mass is 9.86. The summed E-state index contributed by atoms with van der Waals surface area (Å²) >= 11 is 0. The van der Waals surface area contributed by atoms with Gasteiger partial charge in [-0.3, -0.25) is 0 Å². The zero-order valence-electron chi connectivity index (χ0n) is 10.0. The SMILES string of the molecule is CCOc1cc(CO)cc(C(C)(C)C)c1. The third-order valence-corrected chi connectivity index (χ3v) is 2.33. The van der Waals surface area contributed by atoms with E-state index in [2.05, 4.69) is 20.8 Å². The quantitative estimate of drug-likeness (QED) is 0.827. The number of hydrogen-bond donors (Lipinski definition) is 1. The highest BCUT2D eigenvalue weighted by Gasteiger charge is 2.15. The van der Waals surface area contributed by atoms with Gasteiger partial charge in [0.2, 0.25) is 0 Å². The first-order valence-electron chi connectivity index (χ1n) is 5.35. The van der Waals surface area contributed by atoms with Crippen molar-refractivity contribution in [3.8, 4) is 5.75 Å².